The maximum Gasteiger partial charge on any atom is 0.160 e. The van der Waals surface area contributed by atoms with E-state index in [2.05, 4.69) is 146 Å². The van der Waals surface area contributed by atoms with Crippen LogP contribution in [0.1, 0.15) is 44.5 Å². The standard InChI is InChI=1S/C66H42N8/c1-7-19-43(20-8-1)55-56(44-21-9-2-10-22-44)68-63(67-55)51-35-39-53(40-36-51)65-71-59(47-27-15-5-16-28-47)61(73-65)49-31-33-50(34-32-49)62-60(48-29-17-6-18-30-48)72-66(74-62)54-41-37-52(38-42-54)64-69-57(45-23-11-3-12-24-45)58(70-64)46-25-13-4-14-26-46/h1-42H. The maximum absolute atomic E-state index is 5.22. The van der Waals surface area contributed by atoms with Crippen LogP contribution in [0, 0.1) is 0 Å². The number of hydrogen-bond acceptors (Lipinski definition) is 8. The van der Waals surface area contributed by atoms with Crippen LogP contribution in [-0.2, 0) is 0 Å². The largest absolute Gasteiger partial charge is 0.226 e. The van der Waals surface area contributed by atoms with E-state index in [-0.39, 0.29) is 0 Å². The van der Waals surface area contributed by atoms with Gasteiger partial charge in [0.15, 0.2) is 23.3 Å². The fourth-order valence-electron chi connectivity index (χ4n) is 9.40. The van der Waals surface area contributed by atoms with Crippen LogP contribution in [0.15, 0.2) is 295 Å². The lowest BCUT2D eigenvalue weighted by Gasteiger charge is -2.08. The molecular weight excluding hydrogens is 905 g/mol. The van der Waals surface area contributed by atoms with Gasteiger partial charge in [-0.2, -0.15) is 0 Å². The van der Waals surface area contributed by atoms with Crippen molar-refractivity contribution in [2.24, 2.45) is 39.9 Å². The van der Waals surface area contributed by atoms with E-state index in [0.717, 1.165) is 111 Å². The van der Waals surface area contributed by atoms with Gasteiger partial charge in [0.2, 0.25) is 0 Å². The minimum atomic E-state index is 0.634. The van der Waals surface area contributed by atoms with Crippen LogP contribution in [0.25, 0.3) is 23.3 Å². The van der Waals surface area contributed by atoms with Gasteiger partial charge >= 0.3 is 0 Å². The van der Waals surface area contributed by atoms with E-state index in [4.69, 9.17) is 39.9 Å². The third-order valence-electron chi connectivity index (χ3n) is 13.2. The minimum Gasteiger partial charge on any atom is -0.226 e. The lowest BCUT2D eigenvalue weighted by molar-refractivity contribution is 1.37. The first-order valence-electron chi connectivity index (χ1n) is 24.5. The van der Waals surface area contributed by atoms with Gasteiger partial charge in [0.25, 0.3) is 0 Å². The first-order valence-corrected chi connectivity index (χ1v) is 24.5. The highest BCUT2D eigenvalue weighted by atomic mass is 15.1. The molecule has 0 saturated heterocycles. The molecule has 0 saturated carbocycles. The Kier molecular flexibility index (Phi) is 11.4. The predicted molar refractivity (Wildman–Crippen MR) is 302 cm³/mol. The van der Waals surface area contributed by atoms with Gasteiger partial charge in [-0.1, -0.05) is 255 Å². The lowest BCUT2D eigenvalue weighted by atomic mass is 9.96. The van der Waals surface area contributed by atoms with Crippen molar-refractivity contribution in [2.75, 3.05) is 0 Å². The minimum absolute atomic E-state index is 0.634. The van der Waals surface area contributed by atoms with Crippen molar-refractivity contribution >= 4 is 69.0 Å². The molecule has 9 aromatic carbocycles. The monoisotopic (exact) mass is 946 g/mol. The number of nitrogens with zero attached hydrogens (tertiary/aromatic N) is 8. The van der Waals surface area contributed by atoms with E-state index in [0.29, 0.717) is 23.3 Å². The summed E-state index contributed by atoms with van der Waals surface area (Å²) in [5, 5.41) is 3.60. The van der Waals surface area contributed by atoms with Crippen LogP contribution in [0.4, 0.5) is 0 Å². The van der Waals surface area contributed by atoms with Gasteiger partial charge in [-0.15, -0.1) is 0 Å². The molecule has 9 aromatic rings. The van der Waals surface area contributed by atoms with E-state index >= 15 is 0 Å². The Morgan fingerprint density at radius 1 is 0.135 bits per heavy atom. The first kappa shape index (κ1) is 43.8. The molecule has 8 heteroatoms. The molecule has 0 unspecified atom stereocenters. The normalized spacial score (nSPS) is 15.0. The van der Waals surface area contributed by atoms with Crippen LogP contribution < -0.4 is 20.9 Å². The maximum atomic E-state index is 5.22. The Morgan fingerprint density at radius 3 is 0.419 bits per heavy atom. The van der Waals surface area contributed by atoms with E-state index < -0.39 is 0 Å². The van der Waals surface area contributed by atoms with Crippen LogP contribution in [0.3, 0.4) is 0 Å². The van der Waals surface area contributed by atoms with Crippen molar-refractivity contribution in [3.05, 3.63) is 320 Å². The molecule has 0 spiro atoms. The highest BCUT2D eigenvalue weighted by molar-refractivity contribution is 6.58. The third-order valence-corrected chi connectivity index (χ3v) is 13.2. The topological polar surface area (TPSA) is 98.9 Å². The summed E-state index contributed by atoms with van der Waals surface area (Å²) in [7, 11) is 0. The number of hydrogen-bond donors (Lipinski definition) is 0. The Morgan fingerprint density at radius 2 is 0.270 bits per heavy atom. The summed E-state index contributed by atoms with van der Waals surface area (Å²) >= 11 is 0. The van der Waals surface area contributed by atoms with Crippen molar-refractivity contribution < 1.29 is 0 Å². The Bertz CT molecular complexity index is 3780. The lowest BCUT2D eigenvalue weighted by Crippen LogP contribution is -2.16. The fraction of sp³-hybridized carbons (Fsp3) is 0. The molecule has 0 fully saturated rings. The summed E-state index contributed by atoms with van der Waals surface area (Å²) in [5.74, 6) is 2.60. The molecule has 4 aliphatic rings. The summed E-state index contributed by atoms with van der Waals surface area (Å²) in [6.45, 7) is 0. The molecule has 0 bridgehead atoms. The zero-order valence-corrected chi connectivity index (χ0v) is 39.8. The molecule has 8 nitrogen and oxygen atoms in total. The van der Waals surface area contributed by atoms with Crippen LogP contribution >= 0.6 is 0 Å². The summed E-state index contributed by atoms with van der Waals surface area (Å²) in [5.41, 5.74) is 14.5. The van der Waals surface area contributed by atoms with E-state index in [1.54, 1.807) is 0 Å². The van der Waals surface area contributed by atoms with Gasteiger partial charge in [-0.3, -0.25) is 0 Å². The van der Waals surface area contributed by atoms with Gasteiger partial charge < -0.3 is 0 Å². The fourth-order valence-corrected chi connectivity index (χ4v) is 9.40. The smallest absolute Gasteiger partial charge is 0.160 e. The quantitative estimate of drug-likeness (QED) is 0.145. The zero-order chi connectivity index (χ0) is 49.2. The molecule has 0 radical (unpaired) electrons. The van der Waals surface area contributed by atoms with Crippen molar-refractivity contribution in [2.45, 2.75) is 0 Å². The highest BCUT2D eigenvalue weighted by Crippen LogP contribution is 2.26. The second-order valence-electron chi connectivity index (χ2n) is 17.9. The molecule has 13 rings (SSSR count). The Balaban J connectivity index is 0.854. The Hall–Kier alpha value is -10.2. The molecule has 74 heavy (non-hydrogen) atoms. The van der Waals surface area contributed by atoms with Crippen molar-refractivity contribution in [3.8, 4) is 0 Å². The van der Waals surface area contributed by atoms with E-state index in [1.807, 2.05) is 109 Å². The number of benzene rings is 9. The van der Waals surface area contributed by atoms with Crippen LogP contribution in [0.2, 0.25) is 0 Å². The molecule has 4 aliphatic heterocycles. The summed E-state index contributed by atoms with van der Waals surface area (Å²) in [6.07, 6.45) is 0. The predicted octanol–water partition coefficient (Wildman–Crippen LogP) is 9.92. The van der Waals surface area contributed by atoms with Gasteiger partial charge in [-0.25, -0.2) is 39.9 Å². The van der Waals surface area contributed by atoms with Gasteiger partial charge in [-0.05, 0) is 0 Å². The summed E-state index contributed by atoms with van der Waals surface area (Å²) in [6, 6.07) is 86.2. The second-order valence-corrected chi connectivity index (χ2v) is 17.9. The molecule has 346 valence electrons. The van der Waals surface area contributed by atoms with Crippen molar-refractivity contribution in [1.82, 2.24) is 0 Å². The summed E-state index contributed by atoms with van der Waals surface area (Å²) < 4.78 is 0. The summed E-state index contributed by atoms with van der Waals surface area (Å²) in [4.78, 5) is 41.1. The van der Waals surface area contributed by atoms with Gasteiger partial charge in [0.05, 0.1) is 45.7 Å². The number of aliphatic imine (C=N–C) groups is 8. The van der Waals surface area contributed by atoms with E-state index in [1.165, 1.54) is 0 Å². The SMILES string of the molecule is c1ccc(C2=NC(=c3ccc(=C4N=C(c5ccccc5)C(c5ccc(C6=NC(=c7ccc(=C8N=C(c9ccccc9)C(c9ccccc9)=N8)cc7)N=C6c6ccccc6)cc5)=N4)cc3)N=C2c2ccccc2)cc1. The molecule has 0 N–H and O–H groups in total. The molecule has 0 amide bonds. The van der Waals surface area contributed by atoms with Gasteiger partial charge in [0.1, 0.15) is 0 Å². The van der Waals surface area contributed by atoms with E-state index in [9.17, 15) is 0 Å². The molecular formula is C66H42N8. The highest BCUT2D eigenvalue weighted by Gasteiger charge is 2.26. The average molecular weight is 947 g/mol. The van der Waals surface area contributed by atoms with Crippen LogP contribution in [-0.4, -0.2) is 45.7 Å². The molecule has 4 heterocycles. The van der Waals surface area contributed by atoms with Crippen LogP contribution in [0.5, 0.6) is 0 Å². The molecule has 0 atom stereocenters. The van der Waals surface area contributed by atoms with Crippen molar-refractivity contribution in [1.29, 1.82) is 0 Å². The van der Waals surface area contributed by atoms with Crippen molar-refractivity contribution in [3.63, 3.8) is 0 Å². The van der Waals surface area contributed by atoms with Gasteiger partial charge in [0, 0.05) is 65.4 Å². The zero-order valence-electron chi connectivity index (χ0n) is 39.8. The number of rotatable bonds is 8. The molecule has 0 aliphatic carbocycles. The average Bonchev–Trinajstić information content (AvgIpc) is 4.33. The molecule has 0 aromatic heterocycles. The third kappa shape index (κ3) is 8.52. The first-order chi connectivity index (χ1) is 36.7. The Labute approximate surface area is 427 Å². The second kappa shape index (κ2) is 19.2.